The molecule has 1 aromatic carbocycles. The van der Waals surface area contributed by atoms with Crippen molar-refractivity contribution in [1.82, 2.24) is 0 Å². The van der Waals surface area contributed by atoms with Crippen LogP contribution < -0.4 is 5.73 Å². The molecule has 3 heteroatoms. The van der Waals surface area contributed by atoms with E-state index in [1.165, 1.54) is 6.07 Å². The molecule has 3 N–H and O–H groups in total. The Balaban J connectivity index is 3.12. The summed E-state index contributed by atoms with van der Waals surface area (Å²) < 4.78 is 13.2. The van der Waals surface area contributed by atoms with Crippen LogP contribution in [0.2, 0.25) is 0 Å². The molecular weight excluding hydrogens is 169 g/mol. The zero-order valence-corrected chi connectivity index (χ0v) is 7.79. The Morgan fingerprint density at radius 1 is 1.46 bits per heavy atom. The van der Waals surface area contributed by atoms with Crippen LogP contribution in [0.15, 0.2) is 18.2 Å². The lowest BCUT2D eigenvalue weighted by molar-refractivity contribution is 0.148. The number of nitrogens with two attached hydrogens (primary N) is 1. The first-order valence-electron chi connectivity index (χ1n) is 4.22. The van der Waals surface area contributed by atoms with Gasteiger partial charge in [-0.1, -0.05) is 12.1 Å². The summed E-state index contributed by atoms with van der Waals surface area (Å²) in [5, 5.41) is 9.59. The Labute approximate surface area is 77.2 Å². The Hall–Kier alpha value is -0.930. The molecule has 0 aromatic heterocycles. The van der Waals surface area contributed by atoms with Crippen LogP contribution in [0.1, 0.15) is 24.2 Å². The topological polar surface area (TPSA) is 46.2 Å². The summed E-state index contributed by atoms with van der Waals surface area (Å²) in [5.74, 6) is -0.398. The van der Waals surface area contributed by atoms with Crippen molar-refractivity contribution in [3.8, 4) is 0 Å². The molecule has 0 fully saturated rings. The van der Waals surface area contributed by atoms with Crippen molar-refractivity contribution in [2.24, 2.45) is 5.73 Å². The van der Waals surface area contributed by atoms with Crippen LogP contribution in [-0.2, 0) is 0 Å². The van der Waals surface area contributed by atoms with E-state index >= 15 is 0 Å². The van der Waals surface area contributed by atoms with Crippen molar-refractivity contribution in [2.45, 2.75) is 26.0 Å². The van der Waals surface area contributed by atoms with Gasteiger partial charge in [0.25, 0.3) is 0 Å². The van der Waals surface area contributed by atoms with Gasteiger partial charge >= 0.3 is 0 Å². The third kappa shape index (κ3) is 2.05. The van der Waals surface area contributed by atoms with Crippen LogP contribution in [0.5, 0.6) is 0 Å². The van der Waals surface area contributed by atoms with Crippen LogP contribution in [0.4, 0.5) is 4.39 Å². The van der Waals surface area contributed by atoms with Gasteiger partial charge in [-0.05, 0) is 25.5 Å². The monoisotopic (exact) mass is 183 g/mol. The van der Waals surface area contributed by atoms with E-state index in [0.717, 1.165) is 5.56 Å². The van der Waals surface area contributed by atoms with E-state index in [-0.39, 0.29) is 0 Å². The summed E-state index contributed by atoms with van der Waals surface area (Å²) in [6, 6.07) is 4.23. The fraction of sp³-hybridized carbons (Fsp3) is 0.400. The predicted octanol–water partition coefficient (Wildman–Crippen LogP) is 1.51. The van der Waals surface area contributed by atoms with Gasteiger partial charge in [-0.25, -0.2) is 4.39 Å². The van der Waals surface area contributed by atoms with Crippen molar-refractivity contribution in [3.63, 3.8) is 0 Å². The molecule has 0 saturated carbocycles. The molecule has 0 spiro atoms. The van der Waals surface area contributed by atoms with Gasteiger partial charge < -0.3 is 10.8 Å². The number of halogens is 1. The van der Waals surface area contributed by atoms with E-state index in [4.69, 9.17) is 5.73 Å². The van der Waals surface area contributed by atoms with Gasteiger partial charge in [0.1, 0.15) is 5.82 Å². The van der Waals surface area contributed by atoms with Gasteiger partial charge in [-0.15, -0.1) is 0 Å². The van der Waals surface area contributed by atoms with Crippen LogP contribution in [-0.4, -0.2) is 11.1 Å². The Morgan fingerprint density at radius 3 is 2.54 bits per heavy atom. The fourth-order valence-corrected chi connectivity index (χ4v) is 1.28. The highest BCUT2D eigenvalue weighted by molar-refractivity contribution is 5.30. The zero-order valence-electron chi connectivity index (χ0n) is 7.79. The second kappa shape index (κ2) is 3.85. The van der Waals surface area contributed by atoms with Crippen molar-refractivity contribution in [1.29, 1.82) is 0 Å². The lowest BCUT2D eigenvalue weighted by atomic mass is 9.99. The Morgan fingerprint density at radius 2 is 2.08 bits per heavy atom. The van der Waals surface area contributed by atoms with Gasteiger partial charge in [0, 0.05) is 11.6 Å². The van der Waals surface area contributed by atoms with Crippen LogP contribution in [0, 0.1) is 12.7 Å². The molecule has 0 aliphatic rings. The molecule has 0 bridgehead atoms. The maximum atomic E-state index is 13.2. The third-order valence-corrected chi connectivity index (χ3v) is 2.06. The number of benzene rings is 1. The van der Waals surface area contributed by atoms with Gasteiger partial charge in [-0.3, -0.25) is 0 Å². The summed E-state index contributed by atoms with van der Waals surface area (Å²) in [5.41, 5.74) is 6.52. The predicted molar refractivity (Wildman–Crippen MR) is 49.7 cm³/mol. The highest BCUT2D eigenvalue weighted by Crippen LogP contribution is 2.22. The number of aryl methyl sites for hydroxylation is 1. The number of aliphatic hydroxyl groups excluding tert-OH is 1. The van der Waals surface area contributed by atoms with E-state index in [1.807, 2.05) is 0 Å². The molecule has 0 aliphatic carbocycles. The van der Waals surface area contributed by atoms with Gasteiger partial charge in [0.15, 0.2) is 0 Å². The number of rotatable bonds is 2. The lowest BCUT2D eigenvalue weighted by Crippen LogP contribution is -2.25. The molecule has 0 saturated heterocycles. The lowest BCUT2D eigenvalue weighted by Gasteiger charge is -2.17. The third-order valence-electron chi connectivity index (χ3n) is 2.06. The smallest absolute Gasteiger partial charge is 0.129 e. The molecule has 0 heterocycles. The van der Waals surface area contributed by atoms with Crippen molar-refractivity contribution >= 4 is 0 Å². The van der Waals surface area contributed by atoms with Gasteiger partial charge in [0.2, 0.25) is 0 Å². The average molecular weight is 183 g/mol. The quantitative estimate of drug-likeness (QED) is 0.730. The van der Waals surface area contributed by atoms with Crippen LogP contribution in [0.25, 0.3) is 0 Å². The van der Waals surface area contributed by atoms with Crippen molar-refractivity contribution in [3.05, 3.63) is 35.1 Å². The molecule has 1 rings (SSSR count). The maximum absolute atomic E-state index is 13.2. The highest BCUT2D eigenvalue weighted by atomic mass is 19.1. The molecule has 0 amide bonds. The minimum atomic E-state index is -0.929. The van der Waals surface area contributed by atoms with Crippen molar-refractivity contribution in [2.75, 3.05) is 0 Å². The molecule has 2 nitrogen and oxygen atoms in total. The molecule has 2 atom stereocenters. The molecule has 72 valence electrons. The minimum absolute atomic E-state index is 0.303. The SMILES string of the molecule is Cc1cccc(F)c1[C@@H](O)[C@H](C)N. The minimum Gasteiger partial charge on any atom is -0.387 e. The normalized spacial score (nSPS) is 15.5. The number of hydrogen-bond donors (Lipinski definition) is 2. The van der Waals surface area contributed by atoms with E-state index in [0.29, 0.717) is 5.56 Å². The second-order valence-electron chi connectivity index (χ2n) is 3.27. The molecular formula is C10H14FNO. The van der Waals surface area contributed by atoms with Crippen molar-refractivity contribution < 1.29 is 9.50 Å². The molecule has 1 aromatic rings. The van der Waals surface area contributed by atoms with Crippen LogP contribution >= 0.6 is 0 Å². The first-order valence-corrected chi connectivity index (χ1v) is 4.22. The van der Waals surface area contributed by atoms with E-state index in [9.17, 15) is 9.50 Å². The first kappa shape index (κ1) is 10.2. The Bertz CT molecular complexity index is 279. The Kier molecular flexibility index (Phi) is 3.01. The number of aliphatic hydroxyl groups is 1. The highest BCUT2D eigenvalue weighted by Gasteiger charge is 2.18. The second-order valence-corrected chi connectivity index (χ2v) is 3.27. The largest absolute Gasteiger partial charge is 0.387 e. The fourth-order valence-electron chi connectivity index (χ4n) is 1.28. The summed E-state index contributed by atoms with van der Waals surface area (Å²) in [6.45, 7) is 3.40. The van der Waals surface area contributed by atoms with Gasteiger partial charge in [0.05, 0.1) is 6.10 Å². The summed E-state index contributed by atoms with van der Waals surface area (Å²) in [4.78, 5) is 0. The molecule has 0 unspecified atom stereocenters. The molecule has 13 heavy (non-hydrogen) atoms. The average Bonchev–Trinajstić information content (AvgIpc) is 2.03. The summed E-state index contributed by atoms with van der Waals surface area (Å²) in [7, 11) is 0. The molecule has 0 aliphatic heterocycles. The first-order chi connectivity index (χ1) is 6.04. The van der Waals surface area contributed by atoms with E-state index < -0.39 is 18.0 Å². The zero-order chi connectivity index (χ0) is 10.0. The summed E-state index contributed by atoms with van der Waals surface area (Å²) >= 11 is 0. The van der Waals surface area contributed by atoms with E-state index in [2.05, 4.69) is 0 Å². The standard InChI is InChI=1S/C10H14FNO/c1-6-4-3-5-8(11)9(6)10(13)7(2)12/h3-5,7,10,13H,12H2,1-2H3/t7-,10-/m0/s1. The van der Waals surface area contributed by atoms with E-state index in [1.54, 1.807) is 26.0 Å². The molecule has 0 radical (unpaired) electrons. The summed E-state index contributed by atoms with van der Waals surface area (Å²) in [6.07, 6.45) is -0.929. The van der Waals surface area contributed by atoms with Crippen LogP contribution in [0.3, 0.4) is 0 Å². The maximum Gasteiger partial charge on any atom is 0.129 e. The van der Waals surface area contributed by atoms with Gasteiger partial charge in [-0.2, -0.15) is 0 Å². The number of hydrogen-bond acceptors (Lipinski definition) is 2.